The number of benzene rings is 1. The number of ether oxygens (including phenoxy) is 1. The van der Waals surface area contributed by atoms with Gasteiger partial charge in [-0.15, -0.1) is 10.2 Å². The van der Waals surface area contributed by atoms with E-state index in [1.807, 2.05) is 22.6 Å². The number of nitrogens with zero attached hydrogens (tertiary/aromatic N) is 3. The molecule has 1 atom stereocenters. The zero-order valence-corrected chi connectivity index (χ0v) is 14.6. The third kappa shape index (κ3) is 2.55. The highest BCUT2D eigenvalue weighted by atomic mass is 32.2. The van der Waals surface area contributed by atoms with Gasteiger partial charge in [-0.25, -0.2) is 0 Å². The Labute approximate surface area is 144 Å². The predicted molar refractivity (Wildman–Crippen MR) is 94.9 cm³/mol. The summed E-state index contributed by atoms with van der Waals surface area (Å²) in [4.78, 5) is 12.2. The standard InChI is InChI=1S/C18H19N3O2S/c1-11-9-17-19-20-18(24-16-6-4-3-5-15(16)22)21(17)14-10-12(23-2)7-8-13(11)14/h7-10,16H,3-6H2,1-2H3/t16-/m1/s1. The molecule has 0 saturated heterocycles. The summed E-state index contributed by atoms with van der Waals surface area (Å²) in [6, 6.07) is 8.06. The number of ketones is 1. The summed E-state index contributed by atoms with van der Waals surface area (Å²) in [5, 5.41) is 10.6. The summed E-state index contributed by atoms with van der Waals surface area (Å²) in [6.07, 6.45) is 3.72. The number of carbonyl (C=O) groups excluding carboxylic acids is 1. The second kappa shape index (κ2) is 6.09. The lowest BCUT2D eigenvalue weighted by Gasteiger charge is -2.19. The molecule has 124 valence electrons. The summed E-state index contributed by atoms with van der Waals surface area (Å²) in [6.45, 7) is 2.07. The molecule has 5 nitrogen and oxygen atoms in total. The Kier molecular flexibility index (Phi) is 3.92. The Hall–Kier alpha value is -2.08. The van der Waals surface area contributed by atoms with Gasteiger partial charge in [0.05, 0.1) is 17.9 Å². The molecule has 1 aliphatic carbocycles. The smallest absolute Gasteiger partial charge is 0.196 e. The predicted octanol–water partition coefficient (Wildman–Crippen LogP) is 3.80. The van der Waals surface area contributed by atoms with Gasteiger partial charge in [0.25, 0.3) is 0 Å². The monoisotopic (exact) mass is 341 g/mol. The molecule has 0 spiro atoms. The van der Waals surface area contributed by atoms with Crippen LogP contribution in [-0.2, 0) is 4.79 Å². The first-order valence-corrected chi connectivity index (χ1v) is 9.07. The molecule has 0 radical (unpaired) electrons. The van der Waals surface area contributed by atoms with Crippen molar-refractivity contribution in [2.75, 3.05) is 7.11 Å². The highest BCUT2D eigenvalue weighted by Gasteiger charge is 2.25. The van der Waals surface area contributed by atoms with Crippen molar-refractivity contribution in [2.45, 2.75) is 43.0 Å². The van der Waals surface area contributed by atoms with E-state index in [9.17, 15) is 4.79 Å². The van der Waals surface area contributed by atoms with Crippen molar-refractivity contribution in [3.8, 4) is 5.75 Å². The van der Waals surface area contributed by atoms with Gasteiger partial charge < -0.3 is 4.74 Å². The Morgan fingerprint density at radius 1 is 1.25 bits per heavy atom. The van der Waals surface area contributed by atoms with Gasteiger partial charge in [-0.05, 0) is 43.5 Å². The van der Waals surface area contributed by atoms with Crippen molar-refractivity contribution in [3.05, 3.63) is 29.8 Å². The van der Waals surface area contributed by atoms with Crippen molar-refractivity contribution in [2.24, 2.45) is 0 Å². The van der Waals surface area contributed by atoms with Gasteiger partial charge in [0.1, 0.15) is 11.5 Å². The van der Waals surface area contributed by atoms with Gasteiger partial charge in [-0.3, -0.25) is 9.20 Å². The van der Waals surface area contributed by atoms with Crippen LogP contribution in [0.5, 0.6) is 5.75 Å². The lowest BCUT2D eigenvalue weighted by Crippen LogP contribution is -2.21. The maximum atomic E-state index is 12.2. The Morgan fingerprint density at radius 3 is 2.92 bits per heavy atom. The maximum absolute atomic E-state index is 12.2. The average molecular weight is 341 g/mol. The summed E-state index contributed by atoms with van der Waals surface area (Å²) in [5.74, 6) is 1.13. The molecule has 24 heavy (non-hydrogen) atoms. The van der Waals surface area contributed by atoms with Gasteiger partial charge in [0.2, 0.25) is 0 Å². The van der Waals surface area contributed by atoms with Gasteiger partial charge in [0, 0.05) is 17.9 Å². The number of aromatic nitrogens is 3. The van der Waals surface area contributed by atoms with E-state index in [2.05, 4.69) is 23.2 Å². The molecule has 0 amide bonds. The first kappa shape index (κ1) is 15.4. The van der Waals surface area contributed by atoms with Gasteiger partial charge >= 0.3 is 0 Å². The highest BCUT2D eigenvalue weighted by molar-refractivity contribution is 8.00. The molecule has 1 aromatic carbocycles. The molecule has 0 unspecified atom stereocenters. The number of aryl methyl sites for hydroxylation is 1. The number of pyridine rings is 1. The van der Waals surface area contributed by atoms with E-state index < -0.39 is 0 Å². The number of carbonyl (C=O) groups is 1. The quantitative estimate of drug-likeness (QED) is 0.725. The van der Waals surface area contributed by atoms with Crippen molar-refractivity contribution < 1.29 is 9.53 Å². The van der Waals surface area contributed by atoms with Crippen molar-refractivity contribution in [1.82, 2.24) is 14.6 Å². The van der Waals surface area contributed by atoms with Crippen molar-refractivity contribution >= 4 is 34.1 Å². The SMILES string of the molecule is COc1ccc2c(C)cc3nnc(S[C@@H]4CCCCC4=O)n3c2c1. The molecule has 4 rings (SSSR count). The van der Waals surface area contributed by atoms with Crippen LogP contribution in [0.2, 0.25) is 0 Å². The maximum Gasteiger partial charge on any atom is 0.196 e. The van der Waals surface area contributed by atoms with Crippen LogP contribution in [-0.4, -0.2) is 32.7 Å². The van der Waals surface area contributed by atoms with Gasteiger partial charge in [0.15, 0.2) is 10.8 Å². The molecule has 0 N–H and O–H groups in total. The minimum atomic E-state index is -0.00638. The fourth-order valence-electron chi connectivity index (χ4n) is 3.31. The van der Waals surface area contributed by atoms with Gasteiger partial charge in [-0.1, -0.05) is 18.2 Å². The molecule has 0 bridgehead atoms. The Balaban J connectivity index is 1.87. The Bertz CT molecular complexity index is 935. The minimum Gasteiger partial charge on any atom is -0.497 e. The first-order chi connectivity index (χ1) is 11.7. The number of Topliss-reactive ketones (excluding diaryl/α,β-unsaturated/α-hetero) is 1. The van der Waals surface area contributed by atoms with Crippen LogP contribution in [0.1, 0.15) is 31.2 Å². The molecule has 1 saturated carbocycles. The van der Waals surface area contributed by atoms with Crippen LogP contribution in [0.4, 0.5) is 0 Å². The van der Waals surface area contributed by atoms with E-state index in [0.717, 1.165) is 52.3 Å². The van der Waals surface area contributed by atoms with Crippen LogP contribution in [0, 0.1) is 6.92 Å². The summed E-state index contributed by atoms with van der Waals surface area (Å²) < 4.78 is 7.42. The molecular weight excluding hydrogens is 322 g/mol. The lowest BCUT2D eigenvalue weighted by molar-refractivity contribution is -0.119. The van der Waals surface area contributed by atoms with E-state index in [0.29, 0.717) is 12.2 Å². The van der Waals surface area contributed by atoms with E-state index in [-0.39, 0.29) is 5.25 Å². The molecule has 1 aliphatic rings. The minimum absolute atomic E-state index is 0.00638. The van der Waals surface area contributed by atoms with Crippen LogP contribution >= 0.6 is 11.8 Å². The van der Waals surface area contributed by atoms with Crippen LogP contribution in [0.15, 0.2) is 29.4 Å². The fraction of sp³-hybridized carbons (Fsp3) is 0.389. The normalized spacial score (nSPS) is 18.4. The van der Waals surface area contributed by atoms with E-state index >= 15 is 0 Å². The third-order valence-electron chi connectivity index (χ3n) is 4.62. The number of hydrogen-bond acceptors (Lipinski definition) is 5. The first-order valence-electron chi connectivity index (χ1n) is 8.19. The second-order valence-corrected chi connectivity index (χ2v) is 7.38. The Morgan fingerprint density at radius 2 is 2.12 bits per heavy atom. The molecule has 2 aromatic heterocycles. The number of thioether (sulfide) groups is 1. The largest absolute Gasteiger partial charge is 0.497 e. The summed E-state index contributed by atoms with van der Waals surface area (Å²) in [5.41, 5.74) is 2.97. The second-order valence-electron chi connectivity index (χ2n) is 6.21. The molecule has 1 fully saturated rings. The van der Waals surface area contributed by atoms with E-state index in [1.54, 1.807) is 18.9 Å². The third-order valence-corrected chi connectivity index (χ3v) is 5.88. The molecule has 3 aromatic rings. The van der Waals surface area contributed by atoms with E-state index in [1.165, 1.54) is 0 Å². The number of methoxy groups -OCH3 is 1. The molecule has 2 heterocycles. The number of rotatable bonds is 3. The van der Waals surface area contributed by atoms with Crippen LogP contribution < -0.4 is 4.74 Å². The van der Waals surface area contributed by atoms with Gasteiger partial charge in [-0.2, -0.15) is 0 Å². The highest BCUT2D eigenvalue weighted by Crippen LogP contribution is 2.33. The summed E-state index contributed by atoms with van der Waals surface area (Å²) >= 11 is 1.54. The fourth-order valence-corrected chi connectivity index (χ4v) is 4.48. The average Bonchev–Trinajstić information content (AvgIpc) is 2.99. The zero-order valence-electron chi connectivity index (χ0n) is 13.8. The molecule has 6 heteroatoms. The van der Waals surface area contributed by atoms with Crippen LogP contribution in [0.25, 0.3) is 16.6 Å². The lowest BCUT2D eigenvalue weighted by atomic mass is 9.99. The zero-order chi connectivity index (χ0) is 16.7. The van der Waals surface area contributed by atoms with Crippen molar-refractivity contribution in [1.29, 1.82) is 0 Å². The number of fused-ring (bicyclic) bond motifs is 3. The van der Waals surface area contributed by atoms with E-state index in [4.69, 9.17) is 4.74 Å². The summed E-state index contributed by atoms with van der Waals surface area (Å²) in [7, 11) is 1.66. The topological polar surface area (TPSA) is 56.5 Å². The molecule has 0 aliphatic heterocycles. The van der Waals surface area contributed by atoms with Crippen molar-refractivity contribution in [3.63, 3.8) is 0 Å². The number of hydrogen-bond donors (Lipinski definition) is 0. The van der Waals surface area contributed by atoms with Crippen LogP contribution in [0.3, 0.4) is 0 Å². The molecular formula is C18H19N3O2S.